The molecule has 0 bridgehead atoms. The van der Waals surface area contributed by atoms with Gasteiger partial charge in [-0.1, -0.05) is 17.3 Å². The summed E-state index contributed by atoms with van der Waals surface area (Å²) in [6, 6.07) is 6.34. The summed E-state index contributed by atoms with van der Waals surface area (Å²) < 4.78 is 18.1. The molecule has 3 rings (SSSR count). The normalized spacial score (nSPS) is 15.3. The van der Waals surface area contributed by atoms with Crippen LogP contribution in [0.2, 0.25) is 0 Å². The molecule has 1 aromatic carbocycles. The number of nitrogen functional groups attached to an aromatic ring is 1. The molecule has 16 heavy (non-hydrogen) atoms. The zero-order valence-corrected chi connectivity index (χ0v) is 8.61. The van der Waals surface area contributed by atoms with Gasteiger partial charge in [0.15, 0.2) is 0 Å². The molecule has 2 aromatic rings. The van der Waals surface area contributed by atoms with Gasteiger partial charge in [0.05, 0.1) is 11.3 Å². The fourth-order valence-corrected chi connectivity index (χ4v) is 1.89. The molecule has 0 spiro atoms. The van der Waals surface area contributed by atoms with Crippen molar-refractivity contribution in [1.82, 2.24) is 5.16 Å². The lowest BCUT2D eigenvalue weighted by Gasteiger charge is -2.01. The first-order valence-electron chi connectivity index (χ1n) is 5.26. The first-order chi connectivity index (χ1) is 7.75. The third kappa shape index (κ3) is 1.46. The SMILES string of the molecule is Nc1onc(C2CC2)c1-c1cccc(F)c1. The summed E-state index contributed by atoms with van der Waals surface area (Å²) in [5.74, 6) is 0.423. The lowest BCUT2D eigenvalue weighted by Crippen LogP contribution is -1.89. The number of hydrogen-bond acceptors (Lipinski definition) is 3. The van der Waals surface area contributed by atoms with Gasteiger partial charge in [-0.3, -0.25) is 0 Å². The number of benzene rings is 1. The molecule has 4 heteroatoms. The van der Waals surface area contributed by atoms with Crippen LogP contribution in [-0.4, -0.2) is 5.16 Å². The monoisotopic (exact) mass is 218 g/mol. The molecule has 0 unspecified atom stereocenters. The van der Waals surface area contributed by atoms with E-state index in [-0.39, 0.29) is 11.7 Å². The molecule has 2 N–H and O–H groups in total. The van der Waals surface area contributed by atoms with Gasteiger partial charge in [0, 0.05) is 5.92 Å². The van der Waals surface area contributed by atoms with Crippen molar-refractivity contribution in [3.05, 3.63) is 35.8 Å². The zero-order valence-electron chi connectivity index (χ0n) is 8.61. The van der Waals surface area contributed by atoms with Crippen molar-refractivity contribution in [1.29, 1.82) is 0 Å². The Labute approximate surface area is 92.0 Å². The van der Waals surface area contributed by atoms with Crippen LogP contribution in [0.1, 0.15) is 24.5 Å². The summed E-state index contributed by atoms with van der Waals surface area (Å²) in [6.45, 7) is 0. The second kappa shape index (κ2) is 3.33. The Morgan fingerprint density at radius 1 is 1.38 bits per heavy atom. The highest BCUT2D eigenvalue weighted by atomic mass is 19.1. The molecule has 0 amide bonds. The molecule has 1 saturated carbocycles. The smallest absolute Gasteiger partial charge is 0.230 e. The van der Waals surface area contributed by atoms with E-state index in [4.69, 9.17) is 10.3 Å². The quantitative estimate of drug-likeness (QED) is 0.843. The van der Waals surface area contributed by atoms with Crippen LogP contribution >= 0.6 is 0 Å². The minimum absolute atomic E-state index is 0.271. The van der Waals surface area contributed by atoms with E-state index in [9.17, 15) is 4.39 Å². The maximum absolute atomic E-state index is 13.1. The molecule has 1 aliphatic rings. The average molecular weight is 218 g/mol. The van der Waals surface area contributed by atoms with Crippen LogP contribution in [0.5, 0.6) is 0 Å². The van der Waals surface area contributed by atoms with E-state index >= 15 is 0 Å². The molecular formula is C12H11FN2O. The summed E-state index contributed by atoms with van der Waals surface area (Å²) in [6.07, 6.45) is 2.21. The number of aromatic nitrogens is 1. The second-order valence-corrected chi connectivity index (χ2v) is 4.09. The van der Waals surface area contributed by atoms with E-state index < -0.39 is 0 Å². The van der Waals surface area contributed by atoms with Crippen LogP contribution in [0, 0.1) is 5.82 Å². The number of rotatable bonds is 2. The van der Waals surface area contributed by atoms with E-state index in [0.717, 1.165) is 29.7 Å². The zero-order chi connectivity index (χ0) is 11.1. The molecule has 1 fully saturated rings. The number of hydrogen-bond donors (Lipinski definition) is 1. The molecule has 0 aliphatic heterocycles. The summed E-state index contributed by atoms with van der Waals surface area (Å²) >= 11 is 0. The Kier molecular flexibility index (Phi) is 1.96. The maximum atomic E-state index is 13.1. The third-order valence-corrected chi connectivity index (χ3v) is 2.82. The highest BCUT2D eigenvalue weighted by Crippen LogP contribution is 2.45. The maximum Gasteiger partial charge on any atom is 0.230 e. The van der Waals surface area contributed by atoms with Gasteiger partial charge < -0.3 is 10.3 Å². The van der Waals surface area contributed by atoms with Crippen molar-refractivity contribution in [2.45, 2.75) is 18.8 Å². The van der Waals surface area contributed by atoms with Crippen LogP contribution < -0.4 is 5.73 Å². The lowest BCUT2D eigenvalue weighted by atomic mass is 10.0. The van der Waals surface area contributed by atoms with Crippen molar-refractivity contribution in [3.8, 4) is 11.1 Å². The fraction of sp³-hybridized carbons (Fsp3) is 0.250. The summed E-state index contributed by atoms with van der Waals surface area (Å²) in [4.78, 5) is 0. The van der Waals surface area contributed by atoms with Crippen LogP contribution in [0.25, 0.3) is 11.1 Å². The predicted molar refractivity (Wildman–Crippen MR) is 58.3 cm³/mol. The van der Waals surface area contributed by atoms with E-state index in [1.165, 1.54) is 12.1 Å². The minimum atomic E-state index is -0.278. The highest BCUT2D eigenvalue weighted by Gasteiger charge is 2.31. The molecule has 0 saturated heterocycles. The van der Waals surface area contributed by atoms with E-state index in [1.807, 2.05) is 6.07 Å². The summed E-state index contributed by atoms with van der Waals surface area (Å²) in [5.41, 5.74) is 8.09. The first-order valence-corrected chi connectivity index (χ1v) is 5.26. The summed E-state index contributed by atoms with van der Waals surface area (Å²) in [7, 11) is 0. The van der Waals surface area contributed by atoms with Gasteiger partial charge in [-0.05, 0) is 30.5 Å². The number of nitrogens with two attached hydrogens (primary N) is 1. The van der Waals surface area contributed by atoms with E-state index in [0.29, 0.717) is 5.92 Å². The van der Waals surface area contributed by atoms with Crippen molar-refractivity contribution < 1.29 is 8.91 Å². The van der Waals surface area contributed by atoms with Crippen LogP contribution in [0.4, 0.5) is 10.3 Å². The molecule has 82 valence electrons. The topological polar surface area (TPSA) is 52.0 Å². The average Bonchev–Trinajstić information content (AvgIpc) is 3.02. The van der Waals surface area contributed by atoms with E-state index in [1.54, 1.807) is 6.07 Å². The Balaban J connectivity index is 2.14. The van der Waals surface area contributed by atoms with Crippen molar-refractivity contribution >= 4 is 5.88 Å². The second-order valence-electron chi connectivity index (χ2n) is 4.09. The minimum Gasteiger partial charge on any atom is -0.367 e. The largest absolute Gasteiger partial charge is 0.367 e. The number of nitrogens with zero attached hydrogens (tertiary/aromatic N) is 1. The van der Waals surface area contributed by atoms with Crippen molar-refractivity contribution in [3.63, 3.8) is 0 Å². The molecule has 3 nitrogen and oxygen atoms in total. The van der Waals surface area contributed by atoms with Gasteiger partial charge in [-0.15, -0.1) is 0 Å². The molecule has 0 atom stereocenters. The van der Waals surface area contributed by atoms with E-state index in [2.05, 4.69) is 5.16 Å². The third-order valence-electron chi connectivity index (χ3n) is 2.82. The Morgan fingerprint density at radius 3 is 2.88 bits per heavy atom. The van der Waals surface area contributed by atoms with Gasteiger partial charge in [0.2, 0.25) is 5.88 Å². The molecule has 0 radical (unpaired) electrons. The Morgan fingerprint density at radius 2 is 2.19 bits per heavy atom. The van der Waals surface area contributed by atoms with Crippen molar-refractivity contribution in [2.75, 3.05) is 5.73 Å². The lowest BCUT2D eigenvalue weighted by molar-refractivity contribution is 0.428. The van der Waals surface area contributed by atoms with Gasteiger partial charge in [0.25, 0.3) is 0 Å². The molecule has 1 aliphatic carbocycles. The molecule has 1 aromatic heterocycles. The number of halogens is 1. The molecular weight excluding hydrogens is 207 g/mol. The van der Waals surface area contributed by atoms with Crippen molar-refractivity contribution in [2.24, 2.45) is 0 Å². The fourth-order valence-electron chi connectivity index (χ4n) is 1.89. The van der Waals surface area contributed by atoms with Crippen LogP contribution in [-0.2, 0) is 0 Å². The van der Waals surface area contributed by atoms with Crippen LogP contribution in [0.15, 0.2) is 28.8 Å². The van der Waals surface area contributed by atoms with Crippen LogP contribution in [0.3, 0.4) is 0 Å². The Hall–Kier alpha value is -1.84. The number of anilines is 1. The highest BCUT2D eigenvalue weighted by molar-refractivity contribution is 5.75. The van der Waals surface area contributed by atoms with Gasteiger partial charge in [-0.25, -0.2) is 4.39 Å². The van der Waals surface area contributed by atoms with Gasteiger partial charge >= 0.3 is 0 Å². The predicted octanol–water partition coefficient (Wildman–Crippen LogP) is 2.94. The first kappa shape index (κ1) is 9.39. The Bertz CT molecular complexity index is 532. The summed E-state index contributed by atoms with van der Waals surface area (Å²) in [5, 5.41) is 3.96. The van der Waals surface area contributed by atoms with Gasteiger partial charge in [-0.2, -0.15) is 0 Å². The van der Waals surface area contributed by atoms with Gasteiger partial charge in [0.1, 0.15) is 5.82 Å². The molecule has 1 heterocycles. The standard InChI is InChI=1S/C12H11FN2O/c13-9-3-1-2-8(6-9)10-11(7-4-5-7)15-16-12(10)14/h1-3,6-7H,4-5,14H2.